The average Bonchev–Trinajstić information content (AvgIpc) is 3.68. The van der Waals surface area contributed by atoms with Gasteiger partial charge >= 0.3 is 6.09 Å². The molecule has 0 spiro atoms. The molecule has 39 heavy (non-hydrogen) atoms. The molecule has 11 heteroatoms. The quantitative estimate of drug-likeness (QED) is 0.457. The van der Waals surface area contributed by atoms with Crippen LogP contribution in [0, 0.1) is 11.8 Å². The molecule has 4 fully saturated rings. The van der Waals surface area contributed by atoms with Crippen molar-refractivity contribution in [3.05, 3.63) is 35.1 Å². The lowest BCUT2D eigenvalue weighted by Gasteiger charge is -2.39. The molecule has 4 heterocycles. The number of hydrogen-bond donors (Lipinski definition) is 2. The van der Waals surface area contributed by atoms with Gasteiger partial charge in [-0.2, -0.15) is 4.98 Å². The number of carbonyl (C=O) groups excluding carboxylic acids is 1. The fraction of sp³-hybridized carbons (Fsp3) is 0.571. The van der Waals surface area contributed by atoms with E-state index >= 15 is 0 Å². The molecule has 7 rings (SSSR count). The molecule has 0 radical (unpaired) electrons. The highest BCUT2D eigenvalue weighted by molar-refractivity contribution is 6.30. The molecule has 2 aliphatic heterocycles. The number of morpholine rings is 1. The Morgan fingerprint density at radius 2 is 1.97 bits per heavy atom. The molecule has 1 amide bonds. The lowest BCUT2D eigenvalue weighted by atomic mass is 9.83. The Labute approximate surface area is 232 Å². The Morgan fingerprint density at radius 1 is 1.10 bits per heavy atom. The minimum Gasteiger partial charge on any atom is -0.374 e. The third-order valence-corrected chi connectivity index (χ3v) is 9.04. The molecular weight excluding hydrogens is 518 g/mol. The van der Waals surface area contributed by atoms with E-state index < -0.39 is 12.3 Å². The van der Waals surface area contributed by atoms with E-state index in [2.05, 4.69) is 27.2 Å². The molecule has 2 saturated heterocycles. The summed E-state index contributed by atoms with van der Waals surface area (Å²) in [7, 11) is 0. The number of halogens is 1. The topological polar surface area (TPSA) is 106 Å². The van der Waals surface area contributed by atoms with Crippen LogP contribution in [0.1, 0.15) is 63.9 Å². The van der Waals surface area contributed by atoms with Gasteiger partial charge in [0.05, 0.1) is 18.8 Å². The number of benzene rings is 1. The largest absolute Gasteiger partial charge is 0.427 e. The molecule has 4 aliphatic rings. The predicted octanol–water partition coefficient (Wildman–Crippen LogP) is 4.97. The molecular formula is C28H34ClN7O3. The van der Waals surface area contributed by atoms with Crippen molar-refractivity contribution in [2.45, 2.75) is 76.7 Å². The molecule has 1 unspecified atom stereocenters. The zero-order valence-electron chi connectivity index (χ0n) is 22.1. The number of amides is 1. The first kappa shape index (κ1) is 25.0. The highest BCUT2D eigenvalue weighted by Gasteiger charge is 2.39. The van der Waals surface area contributed by atoms with Gasteiger partial charge < -0.3 is 19.0 Å². The van der Waals surface area contributed by atoms with Gasteiger partial charge in [0.2, 0.25) is 5.95 Å². The van der Waals surface area contributed by atoms with Gasteiger partial charge in [0.15, 0.2) is 17.6 Å². The summed E-state index contributed by atoms with van der Waals surface area (Å²) in [6, 6.07) is 8.03. The number of hydroxylamine groups is 1. The molecule has 1 aromatic carbocycles. The van der Waals surface area contributed by atoms with E-state index in [0.29, 0.717) is 35.1 Å². The first-order valence-corrected chi connectivity index (χ1v) is 14.6. The van der Waals surface area contributed by atoms with Crippen LogP contribution in [-0.4, -0.2) is 50.9 Å². The van der Waals surface area contributed by atoms with E-state index in [1.54, 1.807) is 0 Å². The number of imidazole rings is 1. The van der Waals surface area contributed by atoms with E-state index in [4.69, 9.17) is 36.1 Å². The molecule has 0 bridgehead atoms. The van der Waals surface area contributed by atoms with Crippen molar-refractivity contribution >= 4 is 34.8 Å². The van der Waals surface area contributed by atoms with Crippen molar-refractivity contribution < 1.29 is 14.4 Å². The molecule has 10 nitrogen and oxygen atoms in total. The van der Waals surface area contributed by atoms with Crippen molar-refractivity contribution in [1.29, 1.82) is 0 Å². The molecule has 2 saturated carbocycles. The number of carbonyl (C=O) groups is 1. The second kappa shape index (κ2) is 10.2. The summed E-state index contributed by atoms with van der Waals surface area (Å²) in [4.78, 5) is 34.2. The van der Waals surface area contributed by atoms with Crippen LogP contribution >= 0.6 is 11.6 Å². The number of fused-ring (bicyclic) bond motifs is 2. The highest BCUT2D eigenvalue weighted by atomic mass is 35.5. The summed E-state index contributed by atoms with van der Waals surface area (Å²) in [6.45, 7) is 4.71. The van der Waals surface area contributed by atoms with Crippen molar-refractivity contribution in [2.75, 3.05) is 18.1 Å². The van der Waals surface area contributed by atoms with Crippen molar-refractivity contribution in [3.8, 4) is 11.3 Å². The Bertz CT molecular complexity index is 1390. The highest BCUT2D eigenvalue weighted by Crippen LogP contribution is 2.39. The number of nitrogens with one attached hydrogen (secondary N) is 2. The Kier molecular flexibility index (Phi) is 6.57. The van der Waals surface area contributed by atoms with Crippen LogP contribution in [0.25, 0.3) is 22.4 Å². The molecule has 206 valence electrons. The minimum atomic E-state index is -0.670. The maximum Gasteiger partial charge on any atom is 0.427 e. The number of nitrogens with zero attached hydrogens (tertiary/aromatic N) is 5. The minimum absolute atomic E-state index is 0.242. The van der Waals surface area contributed by atoms with Crippen molar-refractivity contribution in [1.82, 2.24) is 30.3 Å². The van der Waals surface area contributed by atoms with Crippen molar-refractivity contribution in [3.63, 3.8) is 0 Å². The first-order valence-electron chi connectivity index (χ1n) is 14.2. The zero-order chi connectivity index (χ0) is 26.5. The lowest BCUT2D eigenvalue weighted by Crippen LogP contribution is -2.49. The maximum atomic E-state index is 11.8. The van der Waals surface area contributed by atoms with Crippen LogP contribution in [0.5, 0.6) is 0 Å². The van der Waals surface area contributed by atoms with E-state index in [0.717, 1.165) is 61.0 Å². The van der Waals surface area contributed by atoms with Gasteiger partial charge in [0, 0.05) is 23.7 Å². The Hall–Kier alpha value is -2.95. The summed E-state index contributed by atoms with van der Waals surface area (Å²) < 4.78 is 8.52. The van der Waals surface area contributed by atoms with Gasteiger partial charge in [-0.05, 0) is 56.1 Å². The monoisotopic (exact) mass is 551 g/mol. The number of hydrogen-bond acceptors (Lipinski definition) is 8. The van der Waals surface area contributed by atoms with E-state index in [9.17, 15) is 4.79 Å². The summed E-state index contributed by atoms with van der Waals surface area (Å²) in [5, 5.41) is 3.36. The van der Waals surface area contributed by atoms with Gasteiger partial charge in [0.25, 0.3) is 0 Å². The fourth-order valence-electron chi connectivity index (χ4n) is 6.75. The number of rotatable bonds is 5. The summed E-state index contributed by atoms with van der Waals surface area (Å²) in [5.74, 6) is 2.68. The van der Waals surface area contributed by atoms with Crippen LogP contribution in [-0.2, 0) is 16.1 Å². The second-order valence-electron chi connectivity index (χ2n) is 11.4. The number of ether oxygens (including phenoxy) is 1. The predicted molar refractivity (Wildman–Crippen MR) is 147 cm³/mol. The molecule has 2 aliphatic carbocycles. The van der Waals surface area contributed by atoms with Crippen LogP contribution < -0.4 is 15.7 Å². The smallest absolute Gasteiger partial charge is 0.374 e. The Balaban J connectivity index is 1.41. The molecule has 3 aromatic rings. The van der Waals surface area contributed by atoms with Crippen LogP contribution in [0.4, 0.5) is 10.7 Å². The van der Waals surface area contributed by atoms with Gasteiger partial charge in [-0.25, -0.2) is 14.8 Å². The van der Waals surface area contributed by atoms with Gasteiger partial charge in [0.1, 0.15) is 11.2 Å². The van der Waals surface area contributed by atoms with Crippen LogP contribution in [0.15, 0.2) is 24.3 Å². The average molecular weight is 552 g/mol. The summed E-state index contributed by atoms with van der Waals surface area (Å²) in [6.07, 6.45) is 7.28. The van der Waals surface area contributed by atoms with Gasteiger partial charge in [-0.15, -0.1) is 5.48 Å². The molecule has 2 aromatic heterocycles. The van der Waals surface area contributed by atoms with Crippen LogP contribution in [0.2, 0.25) is 5.02 Å². The summed E-state index contributed by atoms with van der Waals surface area (Å²) >= 11 is 6.45. The normalized spacial score (nSPS) is 28.9. The molecule has 2 N–H and O–H groups in total. The summed E-state index contributed by atoms with van der Waals surface area (Å²) in [5.41, 5.74) is 5.83. The standard InChI is InChI=1S/C28H34ClN7O3/c1-16-8-10-17(11-9-16)15-36-23-22(18-4-2-5-19(29)14-18)30-25(26-33-28(37)39-34-26)31-24(23)32-27(36)35-12-13-38-21-7-3-6-20(21)35/h2,4-5,14,16-17,20-21,26,34H,3,6-13,15H2,1H3,(H,33,37)/t16?,17?,20-,21-,26?/m1/s1. The van der Waals surface area contributed by atoms with Gasteiger partial charge in [-0.1, -0.05) is 43.5 Å². The first-order chi connectivity index (χ1) is 19.0. The van der Waals surface area contributed by atoms with E-state index in [-0.39, 0.29) is 6.10 Å². The molecule has 3 atom stereocenters. The number of aromatic nitrogens is 4. The van der Waals surface area contributed by atoms with Crippen molar-refractivity contribution in [2.24, 2.45) is 11.8 Å². The van der Waals surface area contributed by atoms with Crippen LogP contribution in [0.3, 0.4) is 0 Å². The van der Waals surface area contributed by atoms with E-state index in [1.807, 2.05) is 24.3 Å². The maximum absolute atomic E-state index is 11.8. The third-order valence-electron chi connectivity index (χ3n) is 8.80. The SMILES string of the molecule is CC1CCC(Cn2c(N3CCO[C@@H]4CCC[C@H]43)nc3nc(C4NOC(=O)N4)nc(-c4cccc(Cl)c4)c32)CC1. The van der Waals surface area contributed by atoms with Gasteiger partial charge in [-0.3, -0.25) is 5.32 Å². The zero-order valence-corrected chi connectivity index (χ0v) is 22.9. The number of anilines is 1. The second-order valence-corrected chi connectivity index (χ2v) is 11.9. The Morgan fingerprint density at radius 3 is 2.77 bits per heavy atom. The van der Waals surface area contributed by atoms with E-state index in [1.165, 1.54) is 25.7 Å². The third kappa shape index (κ3) is 4.72. The fourth-order valence-corrected chi connectivity index (χ4v) is 6.94. The lowest BCUT2D eigenvalue weighted by molar-refractivity contribution is 0.0247.